The van der Waals surface area contributed by atoms with Crippen molar-refractivity contribution in [3.63, 3.8) is 0 Å². The van der Waals surface area contributed by atoms with Gasteiger partial charge in [-0.05, 0) is 13.3 Å². The van der Waals surface area contributed by atoms with Gasteiger partial charge < -0.3 is 15.3 Å². The Morgan fingerprint density at radius 3 is 1.92 bits per heavy atom. The highest BCUT2D eigenvalue weighted by molar-refractivity contribution is 5.84. The van der Waals surface area contributed by atoms with Gasteiger partial charge in [0, 0.05) is 5.57 Å². The fraction of sp³-hybridized carbons (Fsp3) is 0.625. The number of carbonyl (C=O) groups is 1. The number of aliphatic hydroxyl groups is 2. The Bertz CT molecular complexity index is 126. The summed E-state index contributed by atoms with van der Waals surface area (Å²) < 4.78 is 0. The van der Waals surface area contributed by atoms with Crippen LogP contribution in [0.25, 0.3) is 0 Å². The Balaban J connectivity index is 0. The molecule has 1 unspecified atom stereocenters. The topological polar surface area (TPSA) is 77.8 Å². The van der Waals surface area contributed by atoms with Gasteiger partial charge in [-0.2, -0.15) is 0 Å². The molecule has 4 heteroatoms. The van der Waals surface area contributed by atoms with Crippen molar-refractivity contribution in [3.8, 4) is 0 Å². The van der Waals surface area contributed by atoms with Crippen LogP contribution >= 0.6 is 0 Å². The van der Waals surface area contributed by atoms with Crippen LogP contribution in [-0.2, 0) is 4.79 Å². The van der Waals surface area contributed by atoms with Crippen molar-refractivity contribution in [2.45, 2.75) is 26.4 Å². The molecule has 0 radical (unpaired) electrons. The molecule has 0 heterocycles. The lowest BCUT2D eigenvalue weighted by Gasteiger charge is -1.97. The van der Waals surface area contributed by atoms with Crippen LogP contribution in [0.4, 0.5) is 0 Å². The first-order valence-corrected chi connectivity index (χ1v) is 3.63. The average Bonchev–Trinajstić information content (AvgIpc) is 2.04. The van der Waals surface area contributed by atoms with Gasteiger partial charge in [-0.3, -0.25) is 0 Å². The van der Waals surface area contributed by atoms with Gasteiger partial charge >= 0.3 is 5.97 Å². The fourth-order valence-electron chi connectivity index (χ4n) is 0.129. The molecule has 0 spiro atoms. The van der Waals surface area contributed by atoms with Gasteiger partial charge in [-0.25, -0.2) is 4.79 Å². The van der Waals surface area contributed by atoms with Crippen molar-refractivity contribution in [1.82, 2.24) is 0 Å². The zero-order chi connectivity index (χ0) is 10.1. The first kappa shape index (κ1) is 13.7. The third kappa shape index (κ3) is 11.9. The Morgan fingerprint density at radius 1 is 1.58 bits per heavy atom. The molecule has 0 aliphatic carbocycles. The van der Waals surface area contributed by atoms with Crippen molar-refractivity contribution in [1.29, 1.82) is 0 Å². The lowest BCUT2D eigenvalue weighted by Crippen LogP contribution is -2.08. The molecule has 0 amide bonds. The van der Waals surface area contributed by atoms with Gasteiger partial charge in [0.15, 0.2) is 0 Å². The molecule has 72 valence electrons. The number of hydrogen-bond acceptors (Lipinski definition) is 3. The van der Waals surface area contributed by atoms with Crippen LogP contribution in [0.3, 0.4) is 0 Å². The molecular weight excluding hydrogens is 160 g/mol. The molecule has 0 aromatic carbocycles. The summed E-state index contributed by atoms with van der Waals surface area (Å²) >= 11 is 0. The summed E-state index contributed by atoms with van der Waals surface area (Å²) in [5.41, 5.74) is 0.176. The minimum Gasteiger partial charge on any atom is -0.478 e. The molecule has 1 atom stereocenters. The van der Waals surface area contributed by atoms with Crippen LogP contribution in [0.2, 0.25) is 0 Å². The van der Waals surface area contributed by atoms with E-state index in [9.17, 15) is 4.79 Å². The van der Waals surface area contributed by atoms with E-state index in [1.807, 2.05) is 6.92 Å². The first-order chi connectivity index (χ1) is 5.45. The van der Waals surface area contributed by atoms with E-state index in [0.29, 0.717) is 6.42 Å². The highest BCUT2D eigenvalue weighted by Gasteiger charge is 1.92. The molecule has 0 rings (SSSR count). The molecule has 0 aromatic heterocycles. The quantitative estimate of drug-likeness (QED) is 0.544. The molecule has 0 aliphatic rings. The predicted molar refractivity (Wildman–Crippen MR) is 45.8 cm³/mol. The molecule has 0 aliphatic heterocycles. The van der Waals surface area contributed by atoms with Gasteiger partial charge in [-0.1, -0.05) is 13.5 Å². The van der Waals surface area contributed by atoms with E-state index >= 15 is 0 Å². The summed E-state index contributed by atoms with van der Waals surface area (Å²) in [5, 5.41) is 24.4. The Kier molecular flexibility index (Phi) is 9.40. The molecule has 12 heavy (non-hydrogen) atoms. The van der Waals surface area contributed by atoms with E-state index < -0.39 is 12.1 Å². The molecule has 0 saturated carbocycles. The number of carboxylic acids is 1. The zero-order valence-corrected chi connectivity index (χ0v) is 7.45. The van der Waals surface area contributed by atoms with E-state index in [2.05, 4.69) is 6.58 Å². The molecular formula is C8H16O4. The van der Waals surface area contributed by atoms with Crippen molar-refractivity contribution in [3.05, 3.63) is 12.2 Å². The first-order valence-electron chi connectivity index (χ1n) is 3.63. The van der Waals surface area contributed by atoms with Gasteiger partial charge in [0.25, 0.3) is 0 Å². The van der Waals surface area contributed by atoms with Crippen molar-refractivity contribution in [2.75, 3.05) is 6.61 Å². The van der Waals surface area contributed by atoms with Crippen LogP contribution in [0.5, 0.6) is 0 Å². The smallest absolute Gasteiger partial charge is 0.330 e. The van der Waals surface area contributed by atoms with Crippen LogP contribution in [-0.4, -0.2) is 34.0 Å². The van der Waals surface area contributed by atoms with Gasteiger partial charge in [0.2, 0.25) is 0 Å². The fourth-order valence-corrected chi connectivity index (χ4v) is 0.129. The summed E-state index contributed by atoms with van der Waals surface area (Å²) in [6.45, 7) is 6.31. The number of carboxylic acid groups (broad SMARTS) is 1. The maximum Gasteiger partial charge on any atom is 0.330 e. The van der Waals surface area contributed by atoms with Crippen molar-refractivity contribution < 1.29 is 20.1 Å². The summed E-state index contributed by atoms with van der Waals surface area (Å²) in [5.74, 6) is -0.935. The third-order valence-electron chi connectivity index (χ3n) is 1.05. The number of aliphatic carboxylic acids is 1. The Labute approximate surface area is 72.2 Å². The highest BCUT2D eigenvalue weighted by Crippen LogP contribution is 1.83. The summed E-state index contributed by atoms with van der Waals surface area (Å²) in [6, 6.07) is 0. The van der Waals surface area contributed by atoms with E-state index in [-0.39, 0.29) is 12.2 Å². The number of aliphatic hydroxyl groups excluding tert-OH is 2. The summed E-state index contributed by atoms with van der Waals surface area (Å²) in [7, 11) is 0. The second-order valence-electron chi connectivity index (χ2n) is 2.33. The molecule has 0 aromatic rings. The lowest BCUT2D eigenvalue weighted by molar-refractivity contribution is -0.132. The Morgan fingerprint density at radius 2 is 1.92 bits per heavy atom. The largest absolute Gasteiger partial charge is 0.478 e. The maximum atomic E-state index is 9.60. The van der Waals surface area contributed by atoms with Gasteiger partial charge in [0.05, 0.1) is 12.7 Å². The minimum atomic E-state index is -0.935. The molecule has 0 saturated heterocycles. The van der Waals surface area contributed by atoms with Crippen molar-refractivity contribution in [2.24, 2.45) is 0 Å². The molecule has 3 N–H and O–H groups in total. The SMILES string of the molecule is C=C(C)C(=O)O.CCC(O)CO. The van der Waals surface area contributed by atoms with Gasteiger partial charge in [0.1, 0.15) is 0 Å². The van der Waals surface area contributed by atoms with Crippen molar-refractivity contribution >= 4 is 5.97 Å². The summed E-state index contributed by atoms with van der Waals surface area (Å²) in [4.78, 5) is 9.60. The summed E-state index contributed by atoms with van der Waals surface area (Å²) in [6.07, 6.45) is 0.126. The Hall–Kier alpha value is -0.870. The van der Waals surface area contributed by atoms with Gasteiger partial charge in [-0.15, -0.1) is 0 Å². The average molecular weight is 176 g/mol. The normalized spacial score (nSPS) is 11.0. The maximum absolute atomic E-state index is 9.60. The van der Waals surface area contributed by atoms with Crippen LogP contribution in [0.15, 0.2) is 12.2 Å². The number of hydrogen-bond donors (Lipinski definition) is 3. The van der Waals surface area contributed by atoms with Crippen LogP contribution < -0.4 is 0 Å². The second-order valence-corrected chi connectivity index (χ2v) is 2.33. The minimum absolute atomic E-state index is 0.115. The highest BCUT2D eigenvalue weighted by atomic mass is 16.4. The van der Waals surface area contributed by atoms with E-state index in [4.69, 9.17) is 15.3 Å². The number of rotatable bonds is 3. The lowest BCUT2D eigenvalue weighted by atomic mass is 10.3. The third-order valence-corrected chi connectivity index (χ3v) is 1.05. The standard InChI is InChI=1S/C4H6O2.C4H10O2/c1-3(2)4(5)6;1-2-4(6)3-5/h1H2,2H3,(H,5,6);4-6H,2-3H2,1H3. The molecule has 0 bridgehead atoms. The van der Waals surface area contributed by atoms with E-state index in [1.165, 1.54) is 6.92 Å². The monoisotopic (exact) mass is 176 g/mol. The van der Waals surface area contributed by atoms with E-state index in [1.54, 1.807) is 0 Å². The van der Waals surface area contributed by atoms with Crippen LogP contribution in [0, 0.1) is 0 Å². The van der Waals surface area contributed by atoms with Crippen LogP contribution in [0.1, 0.15) is 20.3 Å². The van der Waals surface area contributed by atoms with E-state index in [0.717, 1.165) is 0 Å². The molecule has 0 fully saturated rings. The second kappa shape index (κ2) is 8.23. The zero-order valence-electron chi connectivity index (χ0n) is 7.45. The molecule has 4 nitrogen and oxygen atoms in total. The predicted octanol–water partition coefficient (Wildman–Crippen LogP) is 0.397.